The van der Waals surface area contributed by atoms with Crippen LogP contribution in [0.2, 0.25) is 0 Å². The Balaban J connectivity index is 1.93. The number of aliphatic hydroxyl groups excluding tert-OH is 1. The summed E-state index contributed by atoms with van der Waals surface area (Å²) in [6.45, 7) is 1.07. The van der Waals surface area contributed by atoms with Crippen molar-refractivity contribution >= 4 is 10.0 Å². The van der Waals surface area contributed by atoms with E-state index < -0.39 is 32.7 Å². The third-order valence-electron chi connectivity index (χ3n) is 3.73. The molecule has 8 heteroatoms. The monoisotopic (exact) mass is 335 g/mol. The van der Waals surface area contributed by atoms with E-state index in [1.165, 1.54) is 0 Å². The summed E-state index contributed by atoms with van der Waals surface area (Å²) in [6, 6.07) is 2.86. The Morgan fingerprint density at radius 2 is 1.86 bits per heavy atom. The fraction of sp³-hybridized carbons (Fsp3) is 0.571. The van der Waals surface area contributed by atoms with Gasteiger partial charge >= 0.3 is 0 Å². The molecule has 0 saturated carbocycles. The quantitative estimate of drug-likeness (QED) is 0.824. The van der Waals surface area contributed by atoms with E-state index in [4.69, 9.17) is 4.74 Å². The summed E-state index contributed by atoms with van der Waals surface area (Å²) in [5.74, 6) is -2.22. The van der Waals surface area contributed by atoms with Crippen LogP contribution < -0.4 is 4.72 Å². The minimum absolute atomic E-state index is 0.0588. The average molecular weight is 335 g/mol. The van der Waals surface area contributed by atoms with E-state index in [-0.39, 0.29) is 18.9 Å². The number of hydrogen-bond donors (Lipinski definition) is 2. The third-order valence-corrected chi connectivity index (χ3v) is 5.24. The molecule has 1 aromatic rings. The van der Waals surface area contributed by atoms with Crippen LogP contribution in [0.1, 0.15) is 19.3 Å². The summed E-state index contributed by atoms with van der Waals surface area (Å²) in [7, 11) is -4.28. The van der Waals surface area contributed by atoms with Crippen LogP contribution in [0.25, 0.3) is 0 Å². The molecule has 1 aromatic carbocycles. The fourth-order valence-corrected chi connectivity index (χ4v) is 3.67. The van der Waals surface area contributed by atoms with E-state index in [0.29, 0.717) is 13.2 Å². The molecular formula is C14H19F2NO4S. The van der Waals surface area contributed by atoms with Crippen LogP contribution in [-0.4, -0.2) is 39.4 Å². The van der Waals surface area contributed by atoms with E-state index in [2.05, 4.69) is 4.72 Å². The van der Waals surface area contributed by atoms with Gasteiger partial charge in [0.2, 0.25) is 10.0 Å². The Kier molecular flexibility index (Phi) is 5.85. The lowest BCUT2D eigenvalue weighted by Crippen LogP contribution is -2.33. The molecule has 0 aromatic heterocycles. The Morgan fingerprint density at radius 1 is 1.27 bits per heavy atom. The molecule has 2 N–H and O–H groups in total. The maximum absolute atomic E-state index is 13.5. The van der Waals surface area contributed by atoms with Gasteiger partial charge < -0.3 is 9.84 Å². The fourth-order valence-electron chi connectivity index (χ4n) is 2.49. The van der Waals surface area contributed by atoms with Crippen LogP contribution in [0.15, 0.2) is 23.1 Å². The second-order valence-electron chi connectivity index (χ2n) is 5.25. The van der Waals surface area contributed by atoms with Crippen molar-refractivity contribution in [3.8, 4) is 0 Å². The summed E-state index contributed by atoms with van der Waals surface area (Å²) in [5.41, 5.74) is 0. The van der Waals surface area contributed by atoms with Crippen molar-refractivity contribution in [1.82, 2.24) is 4.72 Å². The molecule has 0 aliphatic carbocycles. The van der Waals surface area contributed by atoms with E-state index in [1.54, 1.807) is 0 Å². The summed E-state index contributed by atoms with van der Waals surface area (Å²) >= 11 is 0. The molecule has 0 radical (unpaired) electrons. The number of benzene rings is 1. The van der Waals surface area contributed by atoms with Gasteiger partial charge in [0.05, 0.1) is 6.10 Å². The van der Waals surface area contributed by atoms with Crippen LogP contribution in [0.3, 0.4) is 0 Å². The van der Waals surface area contributed by atoms with Crippen molar-refractivity contribution in [3.63, 3.8) is 0 Å². The second kappa shape index (κ2) is 7.45. The van der Waals surface area contributed by atoms with Gasteiger partial charge in [-0.05, 0) is 37.3 Å². The van der Waals surface area contributed by atoms with Crippen molar-refractivity contribution in [2.75, 3.05) is 19.8 Å². The van der Waals surface area contributed by atoms with Crippen molar-refractivity contribution in [3.05, 3.63) is 29.8 Å². The lowest BCUT2D eigenvalue weighted by Gasteiger charge is -2.26. The summed E-state index contributed by atoms with van der Waals surface area (Å²) in [6.07, 6.45) is 0.947. The molecule has 1 aliphatic heterocycles. The van der Waals surface area contributed by atoms with Gasteiger partial charge in [0.25, 0.3) is 0 Å². The van der Waals surface area contributed by atoms with Gasteiger partial charge in [0.15, 0.2) is 4.90 Å². The van der Waals surface area contributed by atoms with E-state index in [0.717, 1.165) is 31.0 Å². The molecule has 5 nitrogen and oxygen atoms in total. The average Bonchev–Trinajstić information content (AvgIpc) is 2.47. The predicted molar refractivity (Wildman–Crippen MR) is 75.7 cm³/mol. The van der Waals surface area contributed by atoms with Gasteiger partial charge in [-0.25, -0.2) is 21.9 Å². The van der Waals surface area contributed by atoms with E-state index in [1.807, 2.05) is 0 Å². The maximum Gasteiger partial charge on any atom is 0.246 e. The molecule has 1 fully saturated rings. The van der Waals surface area contributed by atoms with Crippen LogP contribution >= 0.6 is 0 Å². The van der Waals surface area contributed by atoms with E-state index in [9.17, 15) is 22.3 Å². The van der Waals surface area contributed by atoms with Gasteiger partial charge in [-0.1, -0.05) is 6.07 Å². The number of hydrogen-bond acceptors (Lipinski definition) is 4. The molecule has 1 atom stereocenters. The number of halogens is 2. The van der Waals surface area contributed by atoms with Gasteiger partial charge in [-0.2, -0.15) is 0 Å². The molecule has 0 amide bonds. The molecule has 1 aliphatic rings. The molecule has 0 spiro atoms. The van der Waals surface area contributed by atoms with Crippen LogP contribution in [0.5, 0.6) is 0 Å². The van der Waals surface area contributed by atoms with Crippen molar-refractivity contribution in [2.45, 2.75) is 30.3 Å². The number of aliphatic hydroxyl groups is 1. The summed E-state index contributed by atoms with van der Waals surface area (Å²) in [4.78, 5) is -0.990. The lowest BCUT2D eigenvalue weighted by molar-refractivity contribution is 0.00567. The Bertz CT molecular complexity index is 583. The Hall–Kier alpha value is -1.09. The SMILES string of the molecule is O=S(=O)(NCC[C@@H](O)C1CCOCC1)c1c(F)cccc1F. The highest BCUT2D eigenvalue weighted by Gasteiger charge is 2.25. The minimum Gasteiger partial charge on any atom is -0.393 e. The zero-order valence-corrected chi connectivity index (χ0v) is 12.8. The number of nitrogens with one attached hydrogen (secondary N) is 1. The van der Waals surface area contributed by atoms with Crippen LogP contribution in [0.4, 0.5) is 8.78 Å². The van der Waals surface area contributed by atoms with E-state index >= 15 is 0 Å². The molecule has 1 saturated heterocycles. The first-order valence-electron chi connectivity index (χ1n) is 7.11. The molecule has 0 unspecified atom stereocenters. The second-order valence-corrected chi connectivity index (χ2v) is 6.96. The molecule has 124 valence electrons. The molecule has 1 heterocycles. The normalized spacial score (nSPS) is 18.3. The van der Waals surface area contributed by atoms with Crippen LogP contribution in [-0.2, 0) is 14.8 Å². The summed E-state index contributed by atoms with van der Waals surface area (Å²) in [5, 5.41) is 10.0. The van der Waals surface area contributed by atoms with Crippen molar-refractivity contribution in [2.24, 2.45) is 5.92 Å². The first-order valence-corrected chi connectivity index (χ1v) is 8.59. The third kappa shape index (κ3) is 4.22. The minimum atomic E-state index is -4.28. The Morgan fingerprint density at radius 3 is 2.45 bits per heavy atom. The van der Waals surface area contributed by atoms with Crippen LogP contribution in [0, 0.1) is 17.6 Å². The topological polar surface area (TPSA) is 75.6 Å². The smallest absolute Gasteiger partial charge is 0.246 e. The number of rotatable bonds is 6. The highest BCUT2D eigenvalue weighted by molar-refractivity contribution is 7.89. The van der Waals surface area contributed by atoms with Gasteiger partial charge in [-0.3, -0.25) is 0 Å². The van der Waals surface area contributed by atoms with Gasteiger partial charge in [-0.15, -0.1) is 0 Å². The molecule has 2 rings (SSSR count). The maximum atomic E-state index is 13.5. The molecule has 0 bridgehead atoms. The lowest BCUT2D eigenvalue weighted by atomic mass is 9.92. The number of sulfonamides is 1. The first kappa shape index (κ1) is 17.3. The zero-order valence-electron chi connectivity index (χ0n) is 12.0. The largest absolute Gasteiger partial charge is 0.393 e. The van der Waals surface area contributed by atoms with Gasteiger partial charge in [0.1, 0.15) is 11.6 Å². The summed E-state index contributed by atoms with van der Waals surface area (Å²) < 4.78 is 58.2. The zero-order chi connectivity index (χ0) is 16.2. The molecular weight excluding hydrogens is 316 g/mol. The number of ether oxygens (including phenoxy) is 1. The Labute approximate surface area is 128 Å². The van der Waals surface area contributed by atoms with Crippen molar-refractivity contribution < 1.29 is 27.0 Å². The highest BCUT2D eigenvalue weighted by Crippen LogP contribution is 2.21. The standard InChI is InChI=1S/C14H19F2NO4S/c15-11-2-1-3-12(16)14(11)22(19,20)17-7-4-13(18)10-5-8-21-9-6-10/h1-3,10,13,17-18H,4-9H2/t13-/m1/s1. The van der Waals surface area contributed by atoms with Gasteiger partial charge in [0, 0.05) is 19.8 Å². The first-order chi connectivity index (χ1) is 10.4. The highest BCUT2D eigenvalue weighted by atomic mass is 32.2. The molecule has 22 heavy (non-hydrogen) atoms. The van der Waals surface area contributed by atoms with Crippen molar-refractivity contribution in [1.29, 1.82) is 0 Å². The predicted octanol–water partition coefficient (Wildman–Crippen LogP) is 1.42.